The van der Waals surface area contributed by atoms with Crippen LogP contribution in [0.25, 0.3) is 11.1 Å². The summed E-state index contributed by atoms with van der Waals surface area (Å²) in [6.45, 7) is 2.85. The summed E-state index contributed by atoms with van der Waals surface area (Å²) in [7, 11) is 0. The number of hydrogen-bond donors (Lipinski definition) is 2. The minimum Gasteiger partial charge on any atom is -0.508 e. The van der Waals surface area contributed by atoms with Crippen molar-refractivity contribution in [2.75, 3.05) is 19.7 Å². The summed E-state index contributed by atoms with van der Waals surface area (Å²) in [5, 5.41) is 13.1. The summed E-state index contributed by atoms with van der Waals surface area (Å²) in [5.41, 5.74) is 2.14. The molecule has 2 aromatic carbocycles. The zero-order valence-electron chi connectivity index (χ0n) is 12.5. The molecule has 22 heavy (non-hydrogen) atoms. The fraction of sp³-hybridized carbons (Fsp3) is 0.333. The van der Waals surface area contributed by atoms with Gasteiger partial charge in [-0.2, -0.15) is 0 Å². The third kappa shape index (κ3) is 4.15. The van der Waals surface area contributed by atoms with E-state index in [0.29, 0.717) is 12.5 Å². The third-order valence-corrected chi connectivity index (χ3v) is 3.98. The number of rotatable bonds is 4. The summed E-state index contributed by atoms with van der Waals surface area (Å²) < 4.78 is 6.02. The van der Waals surface area contributed by atoms with Crippen molar-refractivity contribution in [3.05, 3.63) is 48.5 Å². The molecule has 4 heteroatoms. The highest BCUT2D eigenvalue weighted by molar-refractivity contribution is 5.85. The zero-order chi connectivity index (χ0) is 14.5. The van der Waals surface area contributed by atoms with Gasteiger partial charge < -0.3 is 15.2 Å². The SMILES string of the molecule is Cl.Oc1ccc(-c2ccccc2)c(OCC2CCNCC2)c1. The van der Waals surface area contributed by atoms with Gasteiger partial charge in [-0.25, -0.2) is 0 Å². The van der Waals surface area contributed by atoms with Gasteiger partial charge in [-0.3, -0.25) is 0 Å². The van der Waals surface area contributed by atoms with Crippen molar-refractivity contribution < 1.29 is 9.84 Å². The molecule has 0 amide bonds. The van der Waals surface area contributed by atoms with Crippen LogP contribution in [0.3, 0.4) is 0 Å². The predicted octanol–water partition coefficient (Wildman–Crippen LogP) is 3.86. The lowest BCUT2D eigenvalue weighted by atomic mass is 9.99. The van der Waals surface area contributed by atoms with Gasteiger partial charge >= 0.3 is 0 Å². The second-order valence-electron chi connectivity index (χ2n) is 5.55. The standard InChI is InChI=1S/C18H21NO2.ClH/c20-16-6-7-17(15-4-2-1-3-5-15)18(12-16)21-13-14-8-10-19-11-9-14;/h1-7,12,14,19-20H,8-11,13H2;1H. The number of nitrogens with one attached hydrogen (secondary N) is 1. The Kier molecular flexibility index (Phi) is 6.10. The van der Waals surface area contributed by atoms with Gasteiger partial charge in [0.25, 0.3) is 0 Å². The van der Waals surface area contributed by atoms with Crippen LogP contribution in [0.4, 0.5) is 0 Å². The fourth-order valence-corrected chi connectivity index (χ4v) is 2.74. The van der Waals surface area contributed by atoms with E-state index in [1.54, 1.807) is 12.1 Å². The van der Waals surface area contributed by atoms with Crippen LogP contribution in [0.1, 0.15) is 12.8 Å². The highest BCUT2D eigenvalue weighted by Gasteiger charge is 2.15. The molecule has 0 aliphatic carbocycles. The van der Waals surface area contributed by atoms with Crippen LogP contribution in [0.5, 0.6) is 11.5 Å². The van der Waals surface area contributed by atoms with Gasteiger partial charge in [0, 0.05) is 11.6 Å². The molecule has 0 spiro atoms. The number of piperidine rings is 1. The molecule has 3 rings (SSSR count). The molecule has 1 heterocycles. The molecule has 0 unspecified atom stereocenters. The van der Waals surface area contributed by atoms with Crippen LogP contribution in [0.2, 0.25) is 0 Å². The Hall–Kier alpha value is -1.71. The topological polar surface area (TPSA) is 41.5 Å². The first-order valence-electron chi connectivity index (χ1n) is 7.55. The van der Waals surface area contributed by atoms with E-state index in [1.165, 1.54) is 0 Å². The summed E-state index contributed by atoms with van der Waals surface area (Å²) >= 11 is 0. The fourth-order valence-electron chi connectivity index (χ4n) is 2.74. The maximum Gasteiger partial charge on any atom is 0.130 e. The van der Waals surface area contributed by atoms with Crippen LogP contribution in [-0.2, 0) is 0 Å². The van der Waals surface area contributed by atoms with Crippen LogP contribution in [-0.4, -0.2) is 24.8 Å². The quantitative estimate of drug-likeness (QED) is 0.899. The lowest BCUT2D eigenvalue weighted by Crippen LogP contribution is -2.30. The molecule has 1 saturated heterocycles. The number of benzene rings is 2. The molecule has 2 aromatic rings. The highest BCUT2D eigenvalue weighted by Crippen LogP contribution is 2.33. The van der Waals surface area contributed by atoms with E-state index in [4.69, 9.17) is 4.74 Å². The van der Waals surface area contributed by atoms with Gasteiger partial charge in [-0.1, -0.05) is 30.3 Å². The van der Waals surface area contributed by atoms with Gasteiger partial charge in [-0.05, 0) is 49.5 Å². The summed E-state index contributed by atoms with van der Waals surface area (Å²) in [6, 6.07) is 15.5. The smallest absolute Gasteiger partial charge is 0.130 e. The molecule has 1 fully saturated rings. The average Bonchev–Trinajstić information content (AvgIpc) is 2.55. The Morgan fingerprint density at radius 3 is 2.50 bits per heavy atom. The minimum absolute atomic E-state index is 0. The molecule has 0 aromatic heterocycles. The highest BCUT2D eigenvalue weighted by atomic mass is 35.5. The van der Waals surface area contributed by atoms with E-state index >= 15 is 0 Å². The Bertz CT molecular complexity index is 583. The zero-order valence-corrected chi connectivity index (χ0v) is 13.3. The second kappa shape index (κ2) is 8.06. The first-order chi connectivity index (χ1) is 10.3. The number of ether oxygens (including phenoxy) is 1. The minimum atomic E-state index is 0. The van der Waals surface area contributed by atoms with Crippen LogP contribution in [0, 0.1) is 5.92 Å². The molecular formula is C18H22ClNO2. The predicted molar refractivity (Wildman–Crippen MR) is 91.9 cm³/mol. The van der Waals surface area contributed by atoms with E-state index in [0.717, 1.165) is 42.8 Å². The van der Waals surface area contributed by atoms with Crippen molar-refractivity contribution in [3.63, 3.8) is 0 Å². The average molecular weight is 320 g/mol. The molecule has 118 valence electrons. The van der Waals surface area contributed by atoms with Gasteiger partial charge in [0.05, 0.1) is 6.61 Å². The monoisotopic (exact) mass is 319 g/mol. The number of halogens is 1. The Morgan fingerprint density at radius 2 is 1.77 bits per heavy atom. The summed E-state index contributed by atoms with van der Waals surface area (Å²) in [6.07, 6.45) is 2.30. The van der Waals surface area contributed by atoms with Gasteiger partial charge in [-0.15, -0.1) is 12.4 Å². The van der Waals surface area contributed by atoms with E-state index in [2.05, 4.69) is 17.4 Å². The van der Waals surface area contributed by atoms with Crippen LogP contribution < -0.4 is 10.1 Å². The summed E-state index contributed by atoms with van der Waals surface area (Å²) in [5.74, 6) is 1.60. The molecule has 0 bridgehead atoms. The molecule has 0 radical (unpaired) electrons. The molecule has 0 atom stereocenters. The van der Waals surface area contributed by atoms with E-state index in [9.17, 15) is 5.11 Å². The molecule has 1 aliphatic rings. The van der Waals surface area contributed by atoms with Gasteiger partial charge in [0.1, 0.15) is 11.5 Å². The number of aromatic hydroxyl groups is 1. The maximum atomic E-state index is 9.73. The molecule has 3 nitrogen and oxygen atoms in total. The van der Waals surface area contributed by atoms with Crippen molar-refractivity contribution in [2.24, 2.45) is 5.92 Å². The van der Waals surface area contributed by atoms with Crippen molar-refractivity contribution in [3.8, 4) is 22.6 Å². The second-order valence-corrected chi connectivity index (χ2v) is 5.55. The Balaban J connectivity index is 0.00000176. The molecule has 0 saturated carbocycles. The maximum absolute atomic E-state index is 9.73. The number of phenols is 1. The lowest BCUT2D eigenvalue weighted by Gasteiger charge is -2.23. The number of hydrogen-bond acceptors (Lipinski definition) is 3. The Morgan fingerprint density at radius 1 is 1.05 bits per heavy atom. The van der Waals surface area contributed by atoms with Crippen molar-refractivity contribution in [1.29, 1.82) is 0 Å². The van der Waals surface area contributed by atoms with Crippen LogP contribution in [0.15, 0.2) is 48.5 Å². The molecular weight excluding hydrogens is 298 g/mol. The first kappa shape index (κ1) is 16.7. The molecule has 1 aliphatic heterocycles. The summed E-state index contributed by atoms with van der Waals surface area (Å²) in [4.78, 5) is 0. The largest absolute Gasteiger partial charge is 0.508 e. The van der Waals surface area contributed by atoms with Crippen molar-refractivity contribution in [2.45, 2.75) is 12.8 Å². The first-order valence-corrected chi connectivity index (χ1v) is 7.55. The van der Waals surface area contributed by atoms with Crippen molar-refractivity contribution >= 4 is 12.4 Å². The van der Waals surface area contributed by atoms with Gasteiger partial charge in [0.15, 0.2) is 0 Å². The number of phenolic OH excluding ortho intramolecular Hbond substituents is 1. The third-order valence-electron chi connectivity index (χ3n) is 3.98. The van der Waals surface area contributed by atoms with E-state index < -0.39 is 0 Å². The van der Waals surface area contributed by atoms with E-state index in [-0.39, 0.29) is 18.2 Å². The Labute approximate surface area is 137 Å². The van der Waals surface area contributed by atoms with Crippen LogP contribution >= 0.6 is 12.4 Å². The lowest BCUT2D eigenvalue weighted by molar-refractivity contribution is 0.215. The van der Waals surface area contributed by atoms with Crippen molar-refractivity contribution in [1.82, 2.24) is 5.32 Å². The van der Waals surface area contributed by atoms with E-state index in [1.807, 2.05) is 24.3 Å². The normalized spacial score (nSPS) is 15.1. The molecule has 2 N–H and O–H groups in total. The van der Waals surface area contributed by atoms with Gasteiger partial charge in [0.2, 0.25) is 0 Å².